The molecule has 2 unspecified atom stereocenters. The quantitative estimate of drug-likeness (QED) is 0.722. The summed E-state index contributed by atoms with van der Waals surface area (Å²) in [5.41, 5.74) is 1.61. The number of nitrogens with zero attached hydrogens (tertiary/aromatic N) is 2. The summed E-state index contributed by atoms with van der Waals surface area (Å²) in [5, 5.41) is 16.7. The number of aliphatic hydroxyl groups excluding tert-OH is 1. The summed E-state index contributed by atoms with van der Waals surface area (Å²) in [6, 6.07) is 18.1. The maximum atomic E-state index is 12.2. The summed E-state index contributed by atoms with van der Waals surface area (Å²) in [6.45, 7) is 1.73. The average molecular weight is 337 g/mol. The van der Waals surface area contributed by atoms with Crippen LogP contribution in [0.15, 0.2) is 65.2 Å². The van der Waals surface area contributed by atoms with E-state index in [0.29, 0.717) is 23.7 Å². The van der Waals surface area contributed by atoms with Gasteiger partial charge in [0.2, 0.25) is 5.89 Å². The third-order valence-electron chi connectivity index (χ3n) is 3.78. The minimum absolute atomic E-state index is 0.305. The maximum Gasteiger partial charge on any atom is 0.254 e. The van der Waals surface area contributed by atoms with Gasteiger partial charge in [-0.25, -0.2) is 0 Å². The molecule has 0 saturated carbocycles. The lowest BCUT2D eigenvalue weighted by molar-refractivity contribution is -0.130. The molecule has 0 fully saturated rings. The summed E-state index contributed by atoms with van der Waals surface area (Å²) in [4.78, 5) is 16.5. The van der Waals surface area contributed by atoms with Crippen LogP contribution in [0.1, 0.15) is 41.9 Å². The lowest BCUT2D eigenvalue weighted by Crippen LogP contribution is -2.31. The van der Waals surface area contributed by atoms with Gasteiger partial charge in [-0.2, -0.15) is 4.98 Å². The van der Waals surface area contributed by atoms with Crippen LogP contribution in [0.4, 0.5) is 0 Å². The molecule has 0 aliphatic heterocycles. The van der Waals surface area contributed by atoms with Crippen LogP contribution >= 0.6 is 0 Å². The molecule has 0 saturated heterocycles. The number of nitrogens with one attached hydrogen (secondary N) is 1. The zero-order valence-corrected chi connectivity index (χ0v) is 13.8. The third kappa shape index (κ3) is 4.30. The van der Waals surface area contributed by atoms with Crippen molar-refractivity contribution in [3.05, 3.63) is 83.5 Å². The molecule has 3 rings (SSSR count). The molecule has 0 spiro atoms. The van der Waals surface area contributed by atoms with Gasteiger partial charge in [0.05, 0.1) is 0 Å². The van der Waals surface area contributed by atoms with E-state index in [1.165, 1.54) is 0 Å². The van der Waals surface area contributed by atoms with Crippen LogP contribution in [-0.2, 0) is 11.2 Å². The Morgan fingerprint density at radius 2 is 1.76 bits per heavy atom. The molecule has 2 aromatic carbocycles. The van der Waals surface area contributed by atoms with Crippen molar-refractivity contribution in [1.82, 2.24) is 15.5 Å². The Morgan fingerprint density at radius 1 is 1.12 bits per heavy atom. The lowest BCUT2D eigenvalue weighted by atomic mass is 10.1. The Kier molecular flexibility index (Phi) is 5.20. The summed E-state index contributed by atoms with van der Waals surface area (Å²) in [6.07, 6.45) is -0.687. The second-order valence-corrected chi connectivity index (χ2v) is 5.75. The Morgan fingerprint density at radius 3 is 2.44 bits per heavy atom. The minimum Gasteiger partial charge on any atom is -0.378 e. The van der Waals surface area contributed by atoms with Crippen molar-refractivity contribution >= 4 is 5.91 Å². The van der Waals surface area contributed by atoms with Gasteiger partial charge < -0.3 is 14.9 Å². The Labute approximate surface area is 145 Å². The van der Waals surface area contributed by atoms with E-state index >= 15 is 0 Å². The van der Waals surface area contributed by atoms with Crippen molar-refractivity contribution in [3.8, 4) is 0 Å². The molecule has 2 atom stereocenters. The number of carbonyl (C=O) groups excluding carboxylic acids is 1. The number of amides is 1. The van der Waals surface area contributed by atoms with E-state index in [1.807, 2.05) is 36.4 Å². The van der Waals surface area contributed by atoms with Crippen molar-refractivity contribution in [3.63, 3.8) is 0 Å². The van der Waals surface area contributed by atoms with Gasteiger partial charge in [-0.1, -0.05) is 65.8 Å². The summed E-state index contributed by atoms with van der Waals surface area (Å²) >= 11 is 0. The smallest absolute Gasteiger partial charge is 0.254 e. The third-order valence-corrected chi connectivity index (χ3v) is 3.78. The van der Waals surface area contributed by atoms with Crippen molar-refractivity contribution in [2.75, 3.05) is 0 Å². The second kappa shape index (κ2) is 7.72. The van der Waals surface area contributed by atoms with E-state index in [4.69, 9.17) is 4.52 Å². The van der Waals surface area contributed by atoms with Gasteiger partial charge >= 0.3 is 0 Å². The van der Waals surface area contributed by atoms with E-state index in [2.05, 4.69) is 15.5 Å². The number of hydrogen-bond acceptors (Lipinski definition) is 5. The van der Waals surface area contributed by atoms with Gasteiger partial charge in [-0.05, 0) is 18.1 Å². The first kappa shape index (κ1) is 16.9. The first-order chi connectivity index (χ1) is 12.1. The molecule has 128 valence electrons. The lowest BCUT2D eigenvalue weighted by Gasteiger charge is -2.14. The van der Waals surface area contributed by atoms with E-state index in [-0.39, 0.29) is 0 Å². The predicted octanol–water partition coefficient (Wildman–Crippen LogP) is 2.57. The fourth-order valence-electron chi connectivity index (χ4n) is 2.43. The first-order valence-electron chi connectivity index (χ1n) is 8.03. The van der Waals surface area contributed by atoms with Crippen LogP contribution in [0, 0.1) is 0 Å². The molecule has 25 heavy (non-hydrogen) atoms. The number of benzene rings is 2. The van der Waals surface area contributed by atoms with Crippen LogP contribution < -0.4 is 5.32 Å². The van der Waals surface area contributed by atoms with Gasteiger partial charge in [0.1, 0.15) is 6.04 Å². The van der Waals surface area contributed by atoms with Crippen LogP contribution in [0.2, 0.25) is 0 Å². The van der Waals surface area contributed by atoms with Crippen molar-refractivity contribution in [1.29, 1.82) is 0 Å². The SMILES string of the molecule is CC(NC(=O)C(O)c1ccccc1)c1nc(Cc2ccccc2)no1. The molecule has 1 heterocycles. The number of carbonyl (C=O) groups is 1. The minimum atomic E-state index is -1.24. The Bertz CT molecular complexity index is 818. The highest BCUT2D eigenvalue weighted by atomic mass is 16.5. The largest absolute Gasteiger partial charge is 0.378 e. The monoisotopic (exact) mass is 337 g/mol. The van der Waals surface area contributed by atoms with Crippen LogP contribution in [0.3, 0.4) is 0 Å². The first-order valence-corrected chi connectivity index (χ1v) is 8.03. The van der Waals surface area contributed by atoms with Gasteiger partial charge in [-0.3, -0.25) is 4.79 Å². The van der Waals surface area contributed by atoms with E-state index in [9.17, 15) is 9.90 Å². The molecule has 2 N–H and O–H groups in total. The molecule has 6 heteroatoms. The molecule has 0 aliphatic rings. The number of aromatic nitrogens is 2. The zero-order chi connectivity index (χ0) is 17.6. The molecule has 1 amide bonds. The standard InChI is InChI=1S/C19H19N3O3/c1-13(20-18(24)17(23)15-10-6-3-7-11-15)19-21-16(22-25-19)12-14-8-4-2-5-9-14/h2-11,13,17,23H,12H2,1H3,(H,20,24). The number of hydrogen-bond donors (Lipinski definition) is 2. The normalized spacial score (nSPS) is 13.2. The summed E-state index contributed by atoms with van der Waals surface area (Å²) in [5.74, 6) is 0.340. The van der Waals surface area contributed by atoms with Gasteiger partial charge in [0.15, 0.2) is 11.9 Å². The van der Waals surface area contributed by atoms with E-state index < -0.39 is 18.1 Å². The number of rotatable bonds is 6. The van der Waals surface area contributed by atoms with Crippen LogP contribution in [-0.4, -0.2) is 21.2 Å². The molecule has 0 bridgehead atoms. The average Bonchev–Trinajstić information content (AvgIpc) is 3.11. The Balaban J connectivity index is 1.61. The molecular weight excluding hydrogens is 318 g/mol. The van der Waals surface area contributed by atoms with Crippen LogP contribution in [0.5, 0.6) is 0 Å². The van der Waals surface area contributed by atoms with E-state index in [0.717, 1.165) is 5.56 Å². The second-order valence-electron chi connectivity index (χ2n) is 5.75. The maximum absolute atomic E-state index is 12.2. The summed E-state index contributed by atoms with van der Waals surface area (Å²) in [7, 11) is 0. The predicted molar refractivity (Wildman–Crippen MR) is 91.5 cm³/mol. The molecule has 3 aromatic rings. The van der Waals surface area contributed by atoms with E-state index in [1.54, 1.807) is 31.2 Å². The van der Waals surface area contributed by atoms with Crippen molar-refractivity contribution in [2.24, 2.45) is 0 Å². The van der Waals surface area contributed by atoms with Gasteiger partial charge in [0.25, 0.3) is 5.91 Å². The Hall–Kier alpha value is -2.99. The van der Waals surface area contributed by atoms with Crippen molar-refractivity contribution < 1.29 is 14.4 Å². The molecule has 0 radical (unpaired) electrons. The van der Waals surface area contributed by atoms with Gasteiger partial charge in [0, 0.05) is 6.42 Å². The fourth-order valence-corrected chi connectivity index (χ4v) is 2.43. The zero-order valence-electron chi connectivity index (χ0n) is 13.8. The highest BCUT2D eigenvalue weighted by molar-refractivity contribution is 5.82. The van der Waals surface area contributed by atoms with Crippen LogP contribution in [0.25, 0.3) is 0 Å². The molecule has 1 aromatic heterocycles. The van der Waals surface area contributed by atoms with Crippen molar-refractivity contribution in [2.45, 2.75) is 25.5 Å². The molecule has 0 aliphatic carbocycles. The number of aliphatic hydroxyl groups is 1. The summed E-state index contributed by atoms with van der Waals surface area (Å²) < 4.78 is 5.23. The fraction of sp³-hybridized carbons (Fsp3) is 0.211. The topological polar surface area (TPSA) is 88.2 Å². The van der Waals surface area contributed by atoms with Gasteiger partial charge in [-0.15, -0.1) is 0 Å². The molecular formula is C19H19N3O3. The molecule has 6 nitrogen and oxygen atoms in total. The highest BCUT2D eigenvalue weighted by Gasteiger charge is 2.22. The highest BCUT2D eigenvalue weighted by Crippen LogP contribution is 2.16.